The van der Waals surface area contributed by atoms with E-state index in [4.69, 9.17) is 0 Å². The van der Waals surface area contributed by atoms with Crippen molar-refractivity contribution < 1.29 is 4.63 Å². The summed E-state index contributed by atoms with van der Waals surface area (Å²) in [5, 5.41) is 7.25. The molecule has 0 aliphatic carbocycles. The summed E-state index contributed by atoms with van der Waals surface area (Å²) in [5.41, 5.74) is 1.48. The Hall–Kier alpha value is -1.38. The lowest BCUT2D eigenvalue weighted by Crippen LogP contribution is -1.83. The van der Waals surface area contributed by atoms with Gasteiger partial charge in [-0.15, -0.1) is 6.58 Å². The third-order valence-corrected chi connectivity index (χ3v) is 1.12. The molecule has 0 unspecified atom stereocenters. The normalized spacial score (nSPS) is 8.17. The zero-order valence-corrected chi connectivity index (χ0v) is 7.58. The maximum absolute atomic E-state index is 4.47. The molecular formula is C9H14N2O. The molecule has 3 nitrogen and oxygen atoms in total. The minimum atomic E-state index is 0.671. The zero-order valence-electron chi connectivity index (χ0n) is 7.58. The van der Waals surface area contributed by atoms with E-state index in [0.29, 0.717) is 12.1 Å². The molecule has 0 atom stereocenters. The highest BCUT2D eigenvalue weighted by molar-refractivity contribution is 5.43. The van der Waals surface area contributed by atoms with E-state index in [0.717, 1.165) is 5.69 Å². The van der Waals surface area contributed by atoms with Gasteiger partial charge in [0.15, 0.2) is 0 Å². The first-order valence-electron chi connectivity index (χ1n) is 3.93. The number of nitrogens with zero attached hydrogens (tertiary/aromatic N) is 2. The third-order valence-electron chi connectivity index (χ3n) is 1.12. The quantitative estimate of drug-likeness (QED) is 0.647. The molecule has 0 saturated heterocycles. The van der Waals surface area contributed by atoms with E-state index < -0.39 is 0 Å². The fourth-order valence-corrected chi connectivity index (χ4v) is 0.647. The molecule has 0 radical (unpaired) electrons. The maximum Gasteiger partial charge on any atom is 0.130 e. The predicted octanol–water partition coefficient (Wildman–Crippen LogP) is 2.47. The SMILES string of the molecule is C=CCc1nonc1C=C.CC. The molecule has 3 heteroatoms. The fraction of sp³-hybridized carbons (Fsp3) is 0.333. The molecule has 66 valence electrons. The number of hydrogen-bond acceptors (Lipinski definition) is 3. The van der Waals surface area contributed by atoms with Crippen molar-refractivity contribution >= 4 is 6.08 Å². The van der Waals surface area contributed by atoms with Gasteiger partial charge in [-0.3, -0.25) is 0 Å². The van der Waals surface area contributed by atoms with Crippen LogP contribution in [-0.4, -0.2) is 10.3 Å². The first-order chi connectivity index (χ1) is 5.88. The Morgan fingerprint density at radius 1 is 1.33 bits per heavy atom. The molecule has 0 spiro atoms. The molecule has 12 heavy (non-hydrogen) atoms. The van der Waals surface area contributed by atoms with E-state index in [9.17, 15) is 0 Å². The molecule has 1 rings (SSSR count). The van der Waals surface area contributed by atoms with Gasteiger partial charge in [-0.05, 0) is 6.08 Å². The van der Waals surface area contributed by atoms with Gasteiger partial charge < -0.3 is 0 Å². The zero-order chi connectivity index (χ0) is 9.40. The number of hydrogen-bond donors (Lipinski definition) is 0. The second kappa shape index (κ2) is 6.34. The van der Waals surface area contributed by atoms with Gasteiger partial charge in [0.25, 0.3) is 0 Å². The first kappa shape index (κ1) is 10.6. The van der Waals surface area contributed by atoms with Crippen LogP contribution >= 0.6 is 0 Å². The van der Waals surface area contributed by atoms with Crippen molar-refractivity contribution in [1.29, 1.82) is 0 Å². The summed E-state index contributed by atoms with van der Waals surface area (Å²) < 4.78 is 4.47. The number of rotatable bonds is 3. The molecule has 1 aromatic heterocycles. The van der Waals surface area contributed by atoms with Crippen LogP contribution in [0.4, 0.5) is 0 Å². The van der Waals surface area contributed by atoms with E-state index in [1.807, 2.05) is 13.8 Å². The monoisotopic (exact) mass is 166 g/mol. The summed E-state index contributed by atoms with van der Waals surface area (Å²) in [6, 6.07) is 0. The van der Waals surface area contributed by atoms with Crippen molar-refractivity contribution in [3.05, 3.63) is 30.6 Å². The summed E-state index contributed by atoms with van der Waals surface area (Å²) in [5.74, 6) is 0. The van der Waals surface area contributed by atoms with Crippen molar-refractivity contribution in [2.45, 2.75) is 20.3 Å². The number of allylic oxidation sites excluding steroid dienone is 1. The van der Waals surface area contributed by atoms with Crippen molar-refractivity contribution in [3.63, 3.8) is 0 Å². The van der Waals surface area contributed by atoms with Gasteiger partial charge in [0.1, 0.15) is 11.4 Å². The third kappa shape index (κ3) is 2.70. The van der Waals surface area contributed by atoms with Crippen LogP contribution < -0.4 is 0 Å². The van der Waals surface area contributed by atoms with Crippen LogP contribution in [0, 0.1) is 0 Å². The predicted molar refractivity (Wildman–Crippen MR) is 49.6 cm³/mol. The van der Waals surface area contributed by atoms with Gasteiger partial charge in [0, 0.05) is 6.42 Å². The lowest BCUT2D eigenvalue weighted by molar-refractivity contribution is 0.303. The Morgan fingerprint density at radius 3 is 2.50 bits per heavy atom. The number of aromatic nitrogens is 2. The highest BCUT2D eigenvalue weighted by Crippen LogP contribution is 2.04. The minimum absolute atomic E-state index is 0.671. The Morgan fingerprint density at radius 2 is 2.00 bits per heavy atom. The van der Waals surface area contributed by atoms with Crippen molar-refractivity contribution in [2.24, 2.45) is 0 Å². The summed E-state index contributed by atoms with van der Waals surface area (Å²) in [6.07, 6.45) is 4.02. The molecule has 0 bridgehead atoms. The van der Waals surface area contributed by atoms with Crippen LogP contribution in [-0.2, 0) is 6.42 Å². The second-order valence-electron chi connectivity index (χ2n) is 1.79. The Labute approximate surface area is 72.7 Å². The van der Waals surface area contributed by atoms with Gasteiger partial charge in [0.05, 0.1) is 0 Å². The van der Waals surface area contributed by atoms with Crippen LogP contribution in [0.2, 0.25) is 0 Å². The van der Waals surface area contributed by atoms with Crippen LogP contribution in [0.5, 0.6) is 0 Å². The lowest BCUT2D eigenvalue weighted by atomic mass is 10.2. The molecule has 0 fully saturated rings. The minimum Gasteiger partial charge on any atom is -0.244 e. The maximum atomic E-state index is 4.47. The summed E-state index contributed by atoms with van der Waals surface area (Å²) in [6.45, 7) is 11.1. The standard InChI is InChI=1S/C7H8N2O.C2H6/c1-3-5-7-6(4-2)8-10-9-7;1-2/h3-4H,1-2,5H2;1-2H3. The van der Waals surface area contributed by atoms with Crippen molar-refractivity contribution in [1.82, 2.24) is 10.3 Å². The van der Waals surface area contributed by atoms with Crippen LogP contribution in [0.15, 0.2) is 23.9 Å². The molecule has 1 heterocycles. The largest absolute Gasteiger partial charge is 0.244 e. The van der Waals surface area contributed by atoms with Gasteiger partial charge in [0.2, 0.25) is 0 Å². The molecule has 0 aliphatic rings. The van der Waals surface area contributed by atoms with Crippen LogP contribution in [0.3, 0.4) is 0 Å². The van der Waals surface area contributed by atoms with Crippen molar-refractivity contribution in [2.75, 3.05) is 0 Å². The van der Waals surface area contributed by atoms with Gasteiger partial charge in [-0.25, -0.2) is 4.63 Å². The topological polar surface area (TPSA) is 38.9 Å². The smallest absolute Gasteiger partial charge is 0.130 e. The second-order valence-corrected chi connectivity index (χ2v) is 1.79. The Bertz CT molecular complexity index is 240. The highest BCUT2D eigenvalue weighted by atomic mass is 16.6. The summed E-state index contributed by atoms with van der Waals surface area (Å²) in [7, 11) is 0. The highest BCUT2D eigenvalue weighted by Gasteiger charge is 2.02. The molecule has 0 N–H and O–H groups in total. The van der Waals surface area contributed by atoms with E-state index >= 15 is 0 Å². The van der Waals surface area contributed by atoms with Gasteiger partial charge >= 0.3 is 0 Å². The molecular weight excluding hydrogens is 152 g/mol. The van der Waals surface area contributed by atoms with Gasteiger partial charge in [-0.2, -0.15) is 0 Å². The lowest BCUT2D eigenvalue weighted by Gasteiger charge is -1.83. The first-order valence-corrected chi connectivity index (χ1v) is 3.93. The van der Waals surface area contributed by atoms with E-state index in [2.05, 4.69) is 28.1 Å². The van der Waals surface area contributed by atoms with Crippen molar-refractivity contribution in [3.8, 4) is 0 Å². The molecule has 1 aromatic rings. The Balaban J connectivity index is 0.000000561. The molecule has 0 amide bonds. The van der Waals surface area contributed by atoms with Crippen LogP contribution in [0.1, 0.15) is 25.2 Å². The molecule has 0 aliphatic heterocycles. The Kier molecular flexibility index (Phi) is 5.61. The average molecular weight is 166 g/mol. The van der Waals surface area contributed by atoms with E-state index in [1.54, 1.807) is 12.2 Å². The fourth-order valence-electron chi connectivity index (χ4n) is 0.647. The average Bonchev–Trinajstić information content (AvgIpc) is 2.56. The summed E-state index contributed by atoms with van der Waals surface area (Å²) >= 11 is 0. The van der Waals surface area contributed by atoms with E-state index in [1.165, 1.54) is 0 Å². The summed E-state index contributed by atoms with van der Waals surface area (Å²) in [4.78, 5) is 0. The molecule has 0 saturated carbocycles. The molecule has 0 aromatic carbocycles. The van der Waals surface area contributed by atoms with Gasteiger partial charge in [-0.1, -0.05) is 36.8 Å². The van der Waals surface area contributed by atoms with E-state index in [-0.39, 0.29) is 0 Å². The van der Waals surface area contributed by atoms with Crippen LogP contribution in [0.25, 0.3) is 6.08 Å².